The maximum atomic E-state index is 13.7. The Morgan fingerprint density at radius 2 is 1.62 bits per heavy atom. The first-order valence-electron chi connectivity index (χ1n) is 7.27. The van der Waals surface area contributed by atoms with E-state index in [0.29, 0.717) is 0 Å². The molecule has 0 aliphatic rings. The molecule has 0 saturated carbocycles. The van der Waals surface area contributed by atoms with Crippen LogP contribution in [-0.4, -0.2) is 6.54 Å². The molecule has 21 heavy (non-hydrogen) atoms. The van der Waals surface area contributed by atoms with Crippen LogP contribution in [0.5, 0.6) is 0 Å². The molecule has 0 aliphatic heterocycles. The highest BCUT2D eigenvalue weighted by Gasteiger charge is 2.15. The van der Waals surface area contributed by atoms with Gasteiger partial charge in [0, 0.05) is 4.47 Å². The van der Waals surface area contributed by atoms with E-state index in [0.717, 1.165) is 34.1 Å². The second kappa shape index (κ2) is 7.19. The molecular formula is C18H21BrFN. The summed E-state index contributed by atoms with van der Waals surface area (Å²) in [5, 5.41) is 3.52. The number of hydrogen-bond acceptors (Lipinski definition) is 1. The lowest BCUT2D eigenvalue weighted by Crippen LogP contribution is -2.23. The second-order valence-corrected chi connectivity index (χ2v) is 6.43. The third-order valence-corrected chi connectivity index (χ3v) is 3.85. The van der Waals surface area contributed by atoms with Crippen molar-refractivity contribution < 1.29 is 4.39 Å². The van der Waals surface area contributed by atoms with E-state index in [9.17, 15) is 4.39 Å². The van der Waals surface area contributed by atoms with Crippen molar-refractivity contribution in [3.8, 4) is 0 Å². The molecule has 1 N–H and O–H groups in total. The Labute approximate surface area is 134 Å². The van der Waals surface area contributed by atoms with Gasteiger partial charge in [0.2, 0.25) is 0 Å². The van der Waals surface area contributed by atoms with Gasteiger partial charge in [-0.3, -0.25) is 0 Å². The third kappa shape index (κ3) is 4.39. The number of halogens is 2. The summed E-state index contributed by atoms with van der Waals surface area (Å²) in [5.74, 6) is -0.181. The van der Waals surface area contributed by atoms with E-state index < -0.39 is 0 Å². The molecule has 0 aliphatic carbocycles. The summed E-state index contributed by atoms with van der Waals surface area (Å²) < 4.78 is 14.8. The van der Waals surface area contributed by atoms with Crippen molar-refractivity contribution in [2.24, 2.45) is 0 Å². The number of benzene rings is 2. The van der Waals surface area contributed by atoms with Gasteiger partial charge >= 0.3 is 0 Å². The molecule has 112 valence electrons. The van der Waals surface area contributed by atoms with Gasteiger partial charge in [-0.25, -0.2) is 4.39 Å². The van der Waals surface area contributed by atoms with Gasteiger partial charge in [-0.1, -0.05) is 35.0 Å². The number of hydrogen-bond donors (Lipinski definition) is 1. The molecule has 0 saturated heterocycles. The minimum atomic E-state index is -0.181. The lowest BCUT2D eigenvalue weighted by molar-refractivity contribution is 0.584. The van der Waals surface area contributed by atoms with Crippen molar-refractivity contribution in [3.63, 3.8) is 0 Å². The summed E-state index contributed by atoms with van der Waals surface area (Å²) in [4.78, 5) is 0. The Morgan fingerprint density at radius 1 is 1.00 bits per heavy atom. The predicted octanol–water partition coefficient (Wildman–Crippen LogP) is 5.29. The monoisotopic (exact) mass is 349 g/mol. The van der Waals surface area contributed by atoms with E-state index in [1.807, 2.05) is 13.0 Å². The molecule has 0 aromatic heterocycles. The Hall–Kier alpha value is -1.19. The molecule has 0 spiro atoms. The molecule has 2 aromatic rings. The number of aryl methyl sites for hydroxylation is 2. The van der Waals surface area contributed by atoms with Crippen molar-refractivity contribution in [1.82, 2.24) is 5.32 Å². The van der Waals surface area contributed by atoms with Crippen molar-refractivity contribution in [2.45, 2.75) is 33.2 Å². The van der Waals surface area contributed by atoms with E-state index in [2.05, 4.69) is 53.3 Å². The van der Waals surface area contributed by atoms with Crippen LogP contribution < -0.4 is 5.32 Å². The molecule has 1 atom stereocenters. The van der Waals surface area contributed by atoms with Gasteiger partial charge in [-0.15, -0.1) is 0 Å². The Bertz CT molecular complexity index is 533. The fourth-order valence-corrected chi connectivity index (χ4v) is 3.20. The van der Waals surface area contributed by atoms with Gasteiger partial charge in [-0.2, -0.15) is 0 Å². The van der Waals surface area contributed by atoms with Crippen molar-refractivity contribution in [2.75, 3.05) is 6.54 Å². The van der Waals surface area contributed by atoms with Crippen LogP contribution >= 0.6 is 15.9 Å². The highest BCUT2D eigenvalue weighted by Crippen LogP contribution is 2.27. The fraction of sp³-hybridized carbons (Fsp3) is 0.333. The molecule has 0 heterocycles. The highest BCUT2D eigenvalue weighted by atomic mass is 79.9. The molecule has 0 bridgehead atoms. The van der Waals surface area contributed by atoms with Gasteiger partial charge in [0.1, 0.15) is 5.82 Å². The van der Waals surface area contributed by atoms with Crippen molar-refractivity contribution in [3.05, 3.63) is 68.9 Å². The van der Waals surface area contributed by atoms with Crippen LogP contribution in [0.2, 0.25) is 0 Å². The van der Waals surface area contributed by atoms with Gasteiger partial charge in [-0.05, 0) is 73.3 Å². The predicted molar refractivity (Wildman–Crippen MR) is 90.2 cm³/mol. The lowest BCUT2D eigenvalue weighted by atomic mass is 9.96. The minimum absolute atomic E-state index is 0.00977. The quantitative estimate of drug-likeness (QED) is 0.772. The minimum Gasteiger partial charge on any atom is -0.306 e. The summed E-state index contributed by atoms with van der Waals surface area (Å²) in [7, 11) is 0. The second-order valence-electron chi connectivity index (χ2n) is 5.51. The average molecular weight is 350 g/mol. The van der Waals surface area contributed by atoms with Crippen LogP contribution in [0.3, 0.4) is 0 Å². The Balaban J connectivity index is 2.46. The normalized spacial score (nSPS) is 12.4. The van der Waals surface area contributed by atoms with E-state index >= 15 is 0 Å². The maximum absolute atomic E-state index is 13.7. The van der Waals surface area contributed by atoms with Gasteiger partial charge in [0.05, 0.1) is 6.04 Å². The summed E-state index contributed by atoms with van der Waals surface area (Å²) in [6.45, 7) is 7.02. The molecule has 2 aromatic carbocycles. The average Bonchev–Trinajstić information content (AvgIpc) is 2.37. The third-order valence-electron chi connectivity index (χ3n) is 3.39. The first-order valence-corrected chi connectivity index (χ1v) is 8.06. The summed E-state index contributed by atoms with van der Waals surface area (Å²) in [5.41, 5.74) is 4.26. The van der Waals surface area contributed by atoms with E-state index in [1.54, 1.807) is 12.1 Å². The summed E-state index contributed by atoms with van der Waals surface area (Å²) in [6, 6.07) is 11.6. The van der Waals surface area contributed by atoms with Gasteiger partial charge in [0.25, 0.3) is 0 Å². The zero-order chi connectivity index (χ0) is 15.4. The standard InChI is InChI=1S/C18H21BrFN/c1-4-5-21-18(14-6-12(2)8-16(19)10-14)15-7-13(3)9-17(20)11-15/h6-11,18,21H,4-5H2,1-3H3. The SMILES string of the molecule is CCCNC(c1cc(C)cc(F)c1)c1cc(C)cc(Br)c1. The summed E-state index contributed by atoms with van der Waals surface area (Å²) >= 11 is 3.55. The van der Waals surface area contributed by atoms with E-state index in [4.69, 9.17) is 0 Å². The van der Waals surface area contributed by atoms with Crippen molar-refractivity contribution >= 4 is 15.9 Å². The molecule has 0 radical (unpaired) electrons. The number of rotatable bonds is 5. The molecule has 2 rings (SSSR count). The molecular weight excluding hydrogens is 329 g/mol. The van der Waals surface area contributed by atoms with Gasteiger partial charge in [0.15, 0.2) is 0 Å². The van der Waals surface area contributed by atoms with Crippen LogP contribution in [0.15, 0.2) is 40.9 Å². The topological polar surface area (TPSA) is 12.0 Å². The maximum Gasteiger partial charge on any atom is 0.123 e. The van der Waals surface area contributed by atoms with E-state index in [-0.39, 0.29) is 11.9 Å². The van der Waals surface area contributed by atoms with E-state index in [1.165, 1.54) is 5.56 Å². The molecule has 0 amide bonds. The zero-order valence-electron chi connectivity index (χ0n) is 12.7. The number of nitrogens with one attached hydrogen (secondary N) is 1. The molecule has 1 unspecified atom stereocenters. The first kappa shape index (κ1) is 16.2. The summed E-state index contributed by atoms with van der Waals surface area (Å²) in [6.07, 6.45) is 1.04. The lowest BCUT2D eigenvalue weighted by Gasteiger charge is -2.21. The highest BCUT2D eigenvalue weighted by molar-refractivity contribution is 9.10. The molecule has 0 fully saturated rings. The Morgan fingerprint density at radius 3 is 2.19 bits per heavy atom. The van der Waals surface area contributed by atoms with Crippen LogP contribution in [0.1, 0.15) is 41.6 Å². The zero-order valence-corrected chi connectivity index (χ0v) is 14.3. The largest absolute Gasteiger partial charge is 0.306 e. The van der Waals surface area contributed by atoms with Gasteiger partial charge < -0.3 is 5.32 Å². The molecule has 1 nitrogen and oxygen atoms in total. The molecule has 3 heteroatoms. The Kier molecular flexibility index (Phi) is 5.54. The first-order chi connectivity index (χ1) is 9.99. The van der Waals surface area contributed by atoms with Crippen molar-refractivity contribution in [1.29, 1.82) is 0 Å². The van der Waals surface area contributed by atoms with Crippen LogP contribution in [0.4, 0.5) is 4.39 Å². The van der Waals surface area contributed by atoms with Crippen LogP contribution in [0, 0.1) is 19.7 Å². The smallest absolute Gasteiger partial charge is 0.123 e. The van der Waals surface area contributed by atoms with Crippen LogP contribution in [0.25, 0.3) is 0 Å². The van der Waals surface area contributed by atoms with Crippen LogP contribution in [-0.2, 0) is 0 Å². The fourth-order valence-electron chi connectivity index (χ4n) is 2.58.